The number of fused-ring (bicyclic) bond motifs is 7. The van der Waals surface area contributed by atoms with E-state index in [1.807, 2.05) is 6.07 Å². The van der Waals surface area contributed by atoms with Crippen LogP contribution in [0.3, 0.4) is 0 Å². The van der Waals surface area contributed by atoms with E-state index in [2.05, 4.69) is 20.2 Å². The molecule has 4 aliphatic heterocycles. The summed E-state index contributed by atoms with van der Waals surface area (Å²) in [6.07, 6.45) is 5.69. The molecular formula is C31H38F3N5O2. The summed E-state index contributed by atoms with van der Waals surface area (Å²) in [6, 6.07) is 5.45. The second kappa shape index (κ2) is 11.7. The number of nitrogens with zero attached hydrogens (tertiary/aromatic N) is 4. The van der Waals surface area contributed by atoms with Crippen molar-refractivity contribution in [2.45, 2.75) is 76.3 Å². The molecule has 0 amide bonds. The average molecular weight is 570 g/mol. The van der Waals surface area contributed by atoms with E-state index >= 15 is 13.2 Å². The number of rotatable bonds is 1. The molecule has 7 rings (SSSR count). The number of hydrogen-bond donors (Lipinski definition) is 1. The van der Waals surface area contributed by atoms with Crippen LogP contribution in [0, 0.1) is 11.7 Å². The molecule has 10 heteroatoms. The van der Waals surface area contributed by atoms with Crippen LogP contribution in [0.4, 0.5) is 19.0 Å². The number of hydrogen-bond acceptors (Lipinski definition) is 6. The Morgan fingerprint density at radius 3 is 2.61 bits per heavy atom. The van der Waals surface area contributed by atoms with Gasteiger partial charge in [0.25, 0.3) is 11.5 Å². The Kier molecular flexibility index (Phi) is 8.05. The molecule has 6 heterocycles. The highest BCUT2D eigenvalue weighted by molar-refractivity contribution is 5.87. The summed E-state index contributed by atoms with van der Waals surface area (Å²) >= 11 is 0. The Morgan fingerprint density at radius 1 is 1.02 bits per heavy atom. The third kappa shape index (κ3) is 5.73. The molecule has 8 bridgehead atoms. The van der Waals surface area contributed by atoms with E-state index in [1.165, 1.54) is 24.5 Å². The first-order valence-electron chi connectivity index (χ1n) is 14.9. The molecular weight excluding hydrogens is 531 g/mol. The van der Waals surface area contributed by atoms with Gasteiger partial charge in [0.2, 0.25) is 0 Å². The second-order valence-corrected chi connectivity index (χ2v) is 11.9. The summed E-state index contributed by atoms with van der Waals surface area (Å²) in [5.74, 6) is -3.42. The van der Waals surface area contributed by atoms with Crippen molar-refractivity contribution in [3.63, 3.8) is 0 Å². The van der Waals surface area contributed by atoms with Gasteiger partial charge in [0.15, 0.2) is 0 Å². The molecule has 0 radical (unpaired) electrons. The Balaban J connectivity index is 1.42. The summed E-state index contributed by atoms with van der Waals surface area (Å²) in [4.78, 5) is 25.1. The monoisotopic (exact) mass is 569 g/mol. The number of nitrogens with one attached hydrogen (secondary N) is 1. The Bertz CT molecular complexity index is 1450. The number of benzene rings is 1. The van der Waals surface area contributed by atoms with Gasteiger partial charge in [-0.05, 0) is 63.5 Å². The van der Waals surface area contributed by atoms with Crippen LogP contribution in [-0.2, 0) is 17.2 Å². The van der Waals surface area contributed by atoms with Crippen molar-refractivity contribution in [3.05, 3.63) is 63.5 Å². The number of anilines is 1. The molecule has 2 fully saturated rings. The van der Waals surface area contributed by atoms with Gasteiger partial charge < -0.3 is 15.0 Å². The van der Waals surface area contributed by atoms with Crippen molar-refractivity contribution < 1.29 is 17.9 Å². The summed E-state index contributed by atoms with van der Waals surface area (Å²) in [5, 5.41) is 3.93. The van der Waals surface area contributed by atoms with E-state index in [0.717, 1.165) is 51.7 Å². The van der Waals surface area contributed by atoms with Crippen LogP contribution in [-0.4, -0.2) is 52.3 Å². The van der Waals surface area contributed by atoms with Gasteiger partial charge in [0.05, 0.1) is 17.0 Å². The molecule has 1 N–H and O–H groups in total. The largest absolute Gasteiger partial charge is 0.381 e. The first-order chi connectivity index (χ1) is 19.8. The smallest absolute Gasteiger partial charge is 0.276 e. The summed E-state index contributed by atoms with van der Waals surface area (Å²) in [6.45, 7) is 6.01. The Labute approximate surface area is 238 Å². The highest BCUT2D eigenvalue weighted by Gasteiger charge is 2.38. The zero-order valence-electron chi connectivity index (χ0n) is 23.6. The van der Waals surface area contributed by atoms with Gasteiger partial charge in [0, 0.05) is 50.4 Å². The molecule has 4 aliphatic rings. The van der Waals surface area contributed by atoms with Crippen LogP contribution >= 0.6 is 0 Å². The summed E-state index contributed by atoms with van der Waals surface area (Å²) < 4.78 is 53.6. The van der Waals surface area contributed by atoms with E-state index in [9.17, 15) is 4.79 Å². The van der Waals surface area contributed by atoms with Crippen LogP contribution in [0.25, 0.3) is 11.0 Å². The van der Waals surface area contributed by atoms with Crippen LogP contribution in [0.15, 0.2) is 35.4 Å². The lowest BCUT2D eigenvalue weighted by atomic mass is 9.90. The molecule has 1 aromatic carbocycles. The molecule has 2 saturated heterocycles. The van der Waals surface area contributed by atoms with Crippen LogP contribution < -0.4 is 10.9 Å². The van der Waals surface area contributed by atoms with Crippen molar-refractivity contribution >= 4 is 16.9 Å². The number of ether oxygens (including phenoxy) is 1. The lowest BCUT2D eigenvalue weighted by molar-refractivity contribution is -0.0320. The van der Waals surface area contributed by atoms with Gasteiger partial charge in [0.1, 0.15) is 23.6 Å². The topological polar surface area (TPSA) is 72.3 Å². The standard InChI is InChI=1S/C31H38F3N5O2/c1-20-23-6-5-7-26(27(23)32)31(33,34)11-8-21-17-38(18-21)12-3-2-4-13-39-29-25(28(37-20)35-19-36-29)16-24(30(39)40)22-9-14-41-15-10-22/h5-7,16,19-22H,2-4,8-15,17-18H2,1H3,(H,35,36,37)/t20-/m1/s1. The van der Waals surface area contributed by atoms with Crippen molar-refractivity contribution in [2.75, 3.05) is 38.2 Å². The molecule has 2 aromatic heterocycles. The first-order valence-corrected chi connectivity index (χ1v) is 14.9. The highest BCUT2D eigenvalue weighted by Crippen LogP contribution is 2.39. The van der Waals surface area contributed by atoms with Gasteiger partial charge >= 0.3 is 0 Å². The van der Waals surface area contributed by atoms with Gasteiger partial charge in [-0.25, -0.2) is 23.1 Å². The summed E-state index contributed by atoms with van der Waals surface area (Å²) in [5.41, 5.74) is 0.800. The van der Waals surface area contributed by atoms with E-state index in [0.29, 0.717) is 48.6 Å². The lowest BCUT2D eigenvalue weighted by Gasteiger charge is -2.40. The number of pyridine rings is 1. The predicted molar refractivity (Wildman–Crippen MR) is 152 cm³/mol. The van der Waals surface area contributed by atoms with Gasteiger partial charge in [-0.1, -0.05) is 24.6 Å². The van der Waals surface area contributed by atoms with Gasteiger partial charge in [-0.2, -0.15) is 0 Å². The SMILES string of the molecule is C[C@H]1Nc2ncnc3c2cc(C2CCOCC2)c(=O)n3CCCCCN2CC(CCC(F)(F)c3cccc1c3F)C2. The number of aromatic nitrogens is 3. The summed E-state index contributed by atoms with van der Waals surface area (Å²) in [7, 11) is 0. The average Bonchev–Trinajstić information content (AvgIpc) is 2.94. The van der Waals surface area contributed by atoms with Crippen molar-refractivity contribution in [2.24, 2.45) is 5.92 Å². The van der Waals surface area contributed by atoms with E-state index in [-0.39, 0.29) is 29.4 Å². The zero-order valence-corrected chi connectivity index (χ0v) is 23.6. The molecule has 0 saturated carbocycles. The third-order valence-electron chi connectivity index (χ3n) is 9.07. The lowest BCUT2D eigenvalue weighted by Crippen LogP contribution is -2.47. The van der Waals surface area contributed by atoms with Gasteiger partial charge in [-0.15, -0.1) is 0 Å². The fraction of sp³-hybridized carbons (Fsp3) is 0.581. The molecule has 41 heavy (non-hydrogen) atoms. The van der Waals surface area contributed by atoms with E-state index in [1.54, 1.807) is 11.5 Å². The van der Waals surface area contributed by atoms with Crippen molar-refractivity contribution in [3.8, 4) is 0 Å². The normalized spacial score (nSPS) is 25.8. The maximum Gasteiger partial charge on any atom is 0.276 e. The quantitative estimate of drug-likeness (QED) is 0.389. The van der Waals surface area contributed by atoms with Crippen LogP contribution in [0.5, 0.6) is 0 Å². The maximum atomic E-state index is 15.7. The minimum absolute atomic E-state index is 0.0317. The van der Waals surface area contributed by atoms with Crippen LogP contribution in [0.1, 0.15) is 80.5 Å². The number of aryl methyl sites for hydroxylation is 1. The minimum Gasteiger partial charge on any atom is -0.381 e. The molecule has 0 aliphatic carbocycles. The molecule has 7 nitrogen and oxygen atoms in total. The molecule has 220 valence electrons. The van der Waals surface area contributed by atoms with E-state index in [4.69, 9.17) is 4.74 Å². The van der Waals surface area contributed by atoms with E-state index < -0.39 is 23.3 Å². The second-order valence-electron chi connectivity index (χ2n) is 11.9. The molecule has 0 spiro atoms. The Hall–Kier alpha value is -2.98. The predicted octanol–water partition coefficient (Wildman–Crippen LogP) is 5.99. The van der Waals surface area contributed by atoms with Crippen molar-refractivity contribution in [1.82, 2.24) is 19.4 Å². The fourth-order valence-corrected chi connectivity index (χ4v) is 6.62. The third-order valence-corrected chi connectivity index (χ3v) is 9.07. The Morgan fingerprint density at radius 2 is 1.80 bits per heavy atom. The number of alkyl halides is 2. The maximum absolute atomic E-state index is 15.7. The first kappa shape index (κ1) is 28.2. The van der Waals surface area contributed by atoms with Gasteiger partial charge in [-0.3, -0.25) is 9.36 Å². The molecule has 1 atom stereocenters. The number of halogens is 3. The minimum atomic E-state index is -3.25. The molecule has 3 aromatic rings. The van der Waals surface area contributed by atoms with Crippen LogP contribution in [0.2, 0.25) is 0 Å². The van der Waals surface area contributed by atoms with Crippen molar-refractivity contribution in [1.29, 1.82) is 0 Å². The molecule has 0 unspecified atom stereocenters. The zero-order chi connectivity index (χ0) is 28.6. The fourth-order valence-electron chi connectivity index (χ4n) is 6.62. The highest BCUT2D eigenvalue weighted by atomic mass is 19.3.